The van der Waals surface area contributed by atoms with Gasteiger partial charge in [0.1, 0.15) is 13.2 Å². The number of carbonyl (C=O) groups excluding carboxylic acids is 3. The first-order valence-corrected chi connectivity index (χ1v) is 30.5. The lowest BCUT2D eigenvalue weighted by Gasteiger charge is -2.18. The Labute approximate surface area is 467 Å². The molecule has 6 nitrogen and oxygen atoms in total. The molecule has 0 amide bonds. The Bertz CT molecular complexity index is 1720. The van der Waals surface area contributed by atoms with E-state index in [0.29, 0.717) is 19.3 Å². The molecule has 426 valence electrons. The van der Waals surface area contributed by atoms with Gasteiger partial charge in [0.05, 0.1) is 0 Å². The summed E-state index contributed by atoms with van der Waals surface area (Å²) in [7, 11) is 0. The standard InChI is InChI=1S/C70H110O6/c1-4-7-10-13-16-19-22-25-27-29-31-32-33-34-35-36-37-38-40-41-43-45-48-51-54-57-60-63-69(72)75-66-67(65-74-68(71)62-59-56-53-50-47-24-21-18-15-12-9-6-3)76-70(73)64-61-58-55-52-49-46-44-42-39-30-28-26-23-20-17-14-11-8-5-2/h7-8,10-11,16-17,19-20,25-28,31-32,34-35,37-39,41-43,46,49,55,58,67H,4-6,9,12-15,18,21-24,29-30,33,36,40,44-45,47-48,50-54,56-57,59-66H2,1-3H3/b10-7-,11-8-,19-16-,20-17-,27-25-,28-26-,32-31-,35-34-,38-37-,42-39-,43-41-,49-46-,58-55-. The van der Waals surface area contributed by atoms with Crippen LogP contribution in [0.2, 0.25) is 0 Å². The molecular formula is C70H110O6. The zero-order valence-corrected chi connectivity index (χ0v) is 48.7. The Kier molecular flexibility index (Phi) is 58.5. The van der Waals surface area contributed by atoms with Gasteiger partial charge in [-0.05, 0) is 116 Å². The molecule has 1 unspecified atom stereocenters. The second kappa shape index (κ2) is 62.6. The molecule has 0 radical (unpaired) electrons. The van der Waals surface area contributed by atoms with Crippen LogP contribution in [-0.4, -0.2) is 37.2 Å². The van der Waals surface area contributed by atoms with Gasteiger partial charge in [0, 0.05) is 19.3 Å². The Morgan fingerprint density at radius 3 is 0.855 bits per heavy atom. The Hall–Kier alpha value is -4.97. The molecule has 0 bridgehead atoms. The predicted molar refractivity (Wildman–Crippen MR) is 329 cm³/mol. The minimum Gasteiger partial charge on any atom is -0.462 e. The summed E-state index contributed by atoms with van der Waals surface area (Å²) in [4.78, 5) is 38.2. The molecule has 0 aliphatic carbocycles. The van der Waals surface area contributed by atoms with E-state index in [9.17, 15) is 14.4 Å². The van der Waals surface area contributed by atoms with Crippen LogP contribution >= 0.6 is 0 Å². The van der Waals surface area contributed by atoms with Crippen LogP contribution in [0, 0.1) is 0 Å². The van der Waals surface area contributed by atoms with Crippen molar-refractivity contribution in [2.45, 2.75) is 252 Å². The number of hydrogen-bond donors (Lipinski definition) is 0. The molecule has 0 aliphatic heterocycles. The quantitative estimate of drug-likeness (QED) is 0.0261. The summed E-state index contributed by atoms with van der Waals surface area (Å²) in [6, 6.07) is 0. The van der Waals surface area contributed by atoms with Crippen LogP contribution < -0.4 is 0 Å². The Morgan fingerprint density at radius 2 is 0.539 bits per heavy atom. The SMILES string of the molecule is CC/C=C\C/C=C\C/C=C\C/C=C\C/C=C\C/C=C\C/C=C\CCCCCCCC(=O)OCC(COC(=O)CCCCCCCCCCCCCC)OC(=O)CC/C=C\C/C=C\C/C=C\C/C=C\C/C=C\C/C=C\CC. The zero-order chi connectivity index (χ0) is 55.0. The van der Waals surface area contributed by atoms with E-state index < -0.39 is 12.1 Å². The van der Waals surface area contributed by atoms with Gasteiger partial charge in [-0.2, -0.15) is 0 Å². The molecule has 0 aromatic carbocycles. The fourth-order valence-corrected chi connectivity index (χ4v) is 7.80. The van der Waals surface area contributed by atoms with Gasteiger partial charge in [-0.25, -0.2) is 0 Å². The first kappa shape index (κ1) is 71.0. The van der Waals surface area contributed by atoms with Gasteiger partial charge in [0.25, 0.3) is 0 Å². The summed E-state index contributed by atoms with van der Waals surface area (Å²) in [5.74, 6) is -1.03. The van der Waals surface area contributed by atoms with E-state index in [0.717, 1.165) is 141 Å². The number of rotatable bonds is 53. The molecule has 0 saturated heterocycles. The molecule has 0 rings (SSSR count). The van der Waals surface area contributed by atoms with Crippen molar-refractivity contribution in [3.05, 3.63) is 158 Å². The van der Waals surface area contributed by atoms with E-state index in [4.69, 9.17) is 14.2 Å². The van der Waals surface area contributed by atoms with Crippen LogP contribution in [0.1, 0.15) is 245 Å². The highest BCUT2D eigenvalue weighted by Crippen LogP contribution is 2.14. The number of ether oxygens (including phenoxy) is 3. The first-order chi connectivity index (χ1) is 37.5. The van der Waals surface area contributed by atoms with Crippen LogP contribution in [0.15, 0.2) is 158 Å². The van der Waals surface area contributed by atoms with Gasteiger partial charge < -0.3 is 14.2 Å². The highest BCUT2D eigenvalue weighted by molar-refractivity contribution is 5.71. The normalized spacial score (nSPS) is 13.2. The molecule has 0 aromatic rings. The molecule has 1 atom stereocenters. The van der Waals surface area contributed by atoms with Crippen LogP contribution in [-0.2, 0) is 28.6 Å². The molecule has 0 aliphatic rings. The largest absolute Gasteiger partial charge is 0.462 e. The van der Waals surface area contributed by atoms with Crippen molar-refractivity contribution < 1.29 is 28.6 Å². The fraction of sp³-hybridized carbons (Fsp3) is 0.586. The van der Waals surface area contributed by atoms with Crippen molar-refractivity contribution in [1.29, 1.82) is 0 Å². The van der Waals surface area contributed by atoms with Gasteiger partial charge in [-0.3, -0.25) is 14.4 Å². The van der Waals surface area contributed by atoms with Crippen molar-refractivity contribution in [3.8, 4) is 0 Å². The maximum absolute atomic E-state index is 12.8. The van der Waals surface area contributed by atoms with Crippen LogP contribution in [0.5, 0.6) is 0 Å². The van der Waals surface area contributed by atoms with Gasteiger partial charge in [0.2, 0.25) is 0 Å². The zero-order valence-electron chi connectivity index (χ0n) is 48.7. The monoisotopic (exact) mass is 1050 g/mol. The smallest absolute Gasteiger partial charge is 0.306 e. The molecule has 0 spiro atoms. The number of carbonyl (C=O) groups is 3. The van der Waals surface area contributed by atoms with Crippen LogP contribution in [0.4, 0.5) is 0 Å². The molecule has 0 saturated carbocycles. The van der Waals surface area contributed by atoms with Crippen molar-refractivity contribution in [1.82, 2.24) is 0 Å². The predicted octanol–water partition coefficient (Wildman–Crippen LogP) is 20.9. The molecule has 0 fully saturated rings. The van der Waals surface area contributed by atoms with Gasteiger partial charge in [-0.15, -0.1) is 0 Å². The van der Waals surface area contributed by atoms with E-state index >= 15 is 0 Å². The maximum Gasteiger partial charge on any atom is 0.306 e. The molecular weight excluding hydrogens is 937 g/mol. The van der Waals surface area contributed by atoms with Gasteiger partial charge in [-0.1, -0.05) is 269 Å². The molecule has 0 aromatic heterocycles. The average Bonchev–Trinajstić information content (AvgIpc) is 3.42. The van der Waals surface area contributed by atoms with Crippen molar-refractivity contribution in [2.75, 3.05) is 13.2 Å². The average molecular weight is 1050 g/mol. The topological polar surface area (TPSA) is 78.9 Å². The van der Waals surface area contributed by atoms with E-state index in [1.54, 1.807) is 0 Å². The fourth-order valence-electron chi connectivity index (χ4n) is 7.80. The highest BCUT2D eigenvalue weighted by Gasteiger charge is 2.19. The number of esters is 3. The minimum atomic E-state index is -0.833. The molecule has 6 heteroatoms. The maximum atomic E-state index is 12.8. The summed E-state index contributed by atoms with van der Waals surface area (Å²) >= 11 is 0. The lowest BCUT2D eigenvalue weighted by Crippen LogP contribution is -2.30. The van der Waals surface area contributed by atoms with E-state index in [-0.39, 0.29) is 31.6 Å². The summed E-state index contributed by atoms with van der Waals surface area (Å²) in [5.41, 5.74) is 0. The lowest BCUT2D eigenvalue weighted by molar-refractivity contribution is -0.166. The Morgan fingerprint density at radius 1 is 0.276 bits per heavy atom. The van der Waals surface area contributed by atoms with Gasteiger partial charge >= 0.3 is 17.9 Å². The first-order valence-electron chi connectivity index (χ1n) is 30.5. The number of hydrogen-bond acceptors (Lipinski definition) is 6. The van der Waals surface area contributed by atoms with E-state index in [2.05, 4.69) is 167 Å². The third-order valence-electron chi connectivity index (χ3n) is 12.3. The highest BCUT2D eigenvalue weighted by atomic mass is 16.6. The van der Waals surface area contributed by atoms with E-state index in [1.165, 1.54) is 57.8 Å². The van der Waals surface area contributed by atoms with Gasteiger partial charge in [0.15, 0.2) is 6.10 Å². The van der Waals surface area contributed by atoms with Crippen LogP contribution in [0.25, 0.3) is 0 Å². The summed E-state index contributed by atoms with van der Waals surface area (Å²) in [5, 5.41) is 0. The van der Waals surface area contributed by atoms with Crippen molar-refractivity contribution in [2.24, 2.45) is 0 Å². The number of allylic oxidation sites excluding steroid dienone is 26. The second-order valence-electron chi connectivity index (χ2n) is 19.5. The molecule has 0 heterocycles. The molecule has 0 N–H and O–H groups in total. The third-order valence-corrected chi connectivity index (χ3v) is 12.3. The van der Waals surface area contributed by atoms with E-state index in [1.807, 2.05) is 12.2 Å². The van der Waals surface area contributed by atoms with Crippen molar-refractivity contribution in [3.63, 3.8) is 0 Å². The van der Waals surface area contributed by atoms with Crippen molar-refractivity contribution >= 4 is 17.9 Å². The minimum absolute atomic E-state index is 0.119. The Balaban J connectivity index is 4.49. The molecule has 76 heavy (non-hydrogen) atoms. The lowest BCUT2D eigenvalue weighted by atomic mass is 10.0. The summed E-state index contributed by atoms with van der Waals surface area (Å²) in [6.07, 6.45) is 91.1. The van der Waals surface area contributed by atoms with Crippen LogP contribution in [0.3, 0.4) is 0 Å². The summed E-state index contributed by atoms with van der Waals surface area (Å²) in [6.45, 7) is 6.32. The summed E-state index contributed by atoms with van der Waals surface area (Å²) < 4.78 is 16.8. The second-order valence-corrected chi connectivity index (χ2v) is 19.5. The number of unbranched alkanes of at least 4 members (excludes halogenated alkanes) is 16. The third kappa shape index (κ3) is 59.9.